The minimum atomic E-state index is 0.390. The van der Waals surface area contributed by atoms with Crippen molar-refractivity contribution in [2.45, 2.75) is 58.2 Å². The summed E-state index contributed by atoms with van der Waals surface area (Å²) in [7, 11) is 0. The molecule has 112 valence electrons. The smallest absolute Gasteiger partial charge is 0.141 e. The Labute approximate surface area is 121 Å². The minimum absolute atomic E-state index is 0.390. The van der Waals surface area contributed by atoms with E-state index in [1.807, 2.05) is 0 Å². The maximum absolute atomic E-state index is 4.47. The second kappa shape index (κ2) is 5.82. The molecule has 5 nitrogen and oxygen atoms in total. The summed E-state index contributed by atoms with van der Waals surface area (Å²) in [5.74, 6) is 1.73. The number of rotatable bonds is 4. The molecule has 1 saturated heterocycles. The van der Waals surface area contributed by atoms with Crippen molar-refractivity contribution in [3.63, 3.8) is 0 Å². The molecule has 1 aliphatic heterocycles. The molecule has 0 aromatic carbocycles. The van der Waals surface area contributed by atoms with Gasteiger partial charge in [0.05, 0.1) is 6.54 Å². The number of nitrogens with one attached hydrogen (secondary N) is 1. The van der Waals surface area contributed by atoms with Crippen LogP contribution in [0.25, 0.3) is 0 Å². The average Bonchev–Trinajstić information content (AvgIpc) is 3.00. The number of hydrogen-bond donors (Lipinski definition) is 1. The summed E-state index contributed by atoms with van der Waals surface area (Å²) in [6.07, 6.45) is 7.13. The van der Waals surface area contributed by atoms with E-state index in [9.17, 15) is 0 Å². The molecule has 0 amide bonds. The summed E-state index contributed by atoms with van der Waals surface area (Å²) >= 11 is 0. The SMILES string of the molecule is CC(C)Cn1ncnc1CN1CCNC2(CCCC2)C1. The van der Waals surface area contributed by atoms with Gasteiger partial charge in [0, 0.05) is 31.7 Å². The van der Waals surface area contributed by atoms with Gasteiger partial charge in [0.15, 0.2) is 0 Å². The Bertz CT molecular complexity index is 433. The summed E-state index contributed by atoms with van der Waals surface area (Å²) in [6.45, 7) is 9.76. The van der Waals surface area contributed by atoms with Gasteiger partial charge in [0.2, 0.25) is 0 Å². The van der Waals surface area contributed by atoms with Gasteiger partial charge in [-0.05, 0) is 18.8 Å². The lowest BCUT2D eigenvalue weighted by Crippen LogP contribution is -2.58. The molecule has 1 aromatic heterocycles. The van der Waals surface area contributed by atoms with Gasteiger partial charge >= 0.3 is 0 Å². The third-order valence-electron chi connectivity index (χ3n) is 4.61. The number of piperazine rings is 1. The zero-order chi connectivity index (χ0) is 14.0. The molecule has 1 aliphatic carbocycles. The molecule has 2 aliphatic rings. The second-order valence-electron chi connectivity index (χ2n) is 6.88. The van der Waals surface area contributed by atoms with Crippen LogP contribution < -0.4 is 5.32 Å². The molecule has 20 heavy (non-hydrogen) atoms. The van der Waals surface area contributed by atoms with Crippen LogP contribution in [0.1, 0.15) is 45.4 Å². The molecule has 1 spiro atoms. The molecule has 0 radical (unpaired) electrons. The summed E-state index contributed by atoms with van der Waals surface area (Å²) < 4.78 is 2.08. The summed E-state index contributed by atoms with van der Waals surface area (Å²) in [6, 6.07) is 0. The molecular weight excluding hydrogens is 250 g/mol. The van der Waals surface area contributed by atoms with Crippen LogP contribution in [0.5, 0.6) is 0 Å². The van der Waals surface area contributed by atoms with E-state index in [-0.39, 0.29) is 0 Å². The quantitative estimate of drug-likeness (QED) is 0.909. The maximum Gasteiger partial charge on any atom is 0.141 e. The fourth-order valence-electron chi connectivity index (χ4n) is 3.67. The molecule has 3 rings (SSSR count). The Balaban J connectivity index is 1.64. The molecule has 0 unspecified atom stereocenters. The molecule has 0 bridgehead atoms. The lowest BCUT2D eigenvalue weighted by Gasteiger charge is -2.41. The molecule has 1 saturated carbocycles. The lowest BCUT2D eigenvalue weighted by molar-refractivity contribution is 0.124. The van der Waals surface area contributed by atoms with Crippen LogP contribution in [0.2, 0.25) is 0 Å². The van der Waals surface area contributed by atoms with E-state index in [1.165, 1.54) is 32.2 Å². The zero-order valence-corrected chi connectivity index (χ0v) is 12.8. The van der Waals surface area contributed by atoms with Gasteiger partial charge in [-0.3, -0.25) is 4.90 Å². The van der Waals surface area contributed by atoms with Gasteiger partial charge < -0.3 is 5.32 Å². The van der Waals surface area contributed by atoms with Crippen LogP contribution in [0.3, 0.4) is 0 Å². The summed E-state index contributed by atoms with van der Waals surface area (Å²) in [4.78, 5) is 7.03. The van der Waals surface area contributed by atoms with E-state index >= 15 is 0 Å². The lowest BCUT2D eigenvalue weighted by atomic mass is 9.94. The first kappa shape index (κ1) is 14.0. The van der Waals surface area contributed by atoms with Crippen LogP contribution in [0.15, 0.2) is 6.33 Å². The highest BCUT2D eigenvalue weighted by Gasteiger charge is 2.37. The fourth-order valence-corrected chi connectivity index (χ4v) is 3.67. The predicted molar refractivity (Wildman–Crippen MR) is 79.3 cm³/mol. The number of aromatic nitrogens is 3. The van der Waals surface area contributed by atoms with Crippen molar-refractivity contribution >= 4 is 0 Å². The van der Waals surface area contributed by atoms with Crippen LogP contribution in [0, 0.1) is 5.92 Å². The van der Waals surface area contributed by atoms with Crippen LogP contribution in [0.4, 0.5) is 0 Å². The number of hydrogen-bond acceptors (Lipinski definition) is 4. The van der Waals surface area contributed by atoms with Crippen molar-refractivity contribution < 1.29 is 0 Å². The van der Waals surface area contributed by atoms with Gasteiger partial charge in [-0.15, -0.1) is 0 Å². The van der Waals surface area contributed by atoms with Gasteiger partial charge in [-0.1, -0.05) is 26.7 Å². The third kappa shape index (κ3) is 3.04. The molecule has 1 N–H and O–H groups in total. The highest BCUT2D eigenvalue weighted by atomic mass is 15.4. The fraction of sp³-hybridized carbons (Fsp3) is 0.867. The van der Waals surface area contributed by atoms with E-state index in [4.69, 9.17) is 0 Å². The van der Waals surface area contributed by atoms with Crippen molar-refractivity contribution in [1.82, 2.24) is 25.0 Å². The molecule has 2 fully saturated rings. The van der Waals surface area contributed by atoms with E-state index < -0.39 is 0 Å². The van der Waals surface area contributed by atoms with E-state index in [0.29, 0.717) is 11.5 Å². The third-order valence-corrected chi connectivity index (χ3v) is 4.61. The highest BCUT2D eigenvalue weighted by molar-refractivity contribution is 4.99. The summed E-state index contributed by atoms with van der Waals surface area (Å²) in [5.41, 5.74) is 0.390. The Morgan fingerprint density at radius 3 is 2.90 bits per heavy atom. The zero-order valence-electron chi connectivity index (χ0n) is 12.8. The first-order valence-electron chi connectivity index (χ1n) is 8.01. The van der Waals surface area contributed by atoms with Crippen molar-refractivity contribution in [3.8, 4) is 0 Å². The molecule has 5 heteroatoms. The predicted octanol–water partition coefficient (Wildman–Crippen LogP) is 1.65. The monoisotopic (exact) mass is 277 g/mol. The van der Waals surface area contributed by atoms with Crippen LogP contribution in [-0.2, 0) is 13.1 Å². The first-order valence-corrected chi connectivity index (χ1v) is 8.01. The van der Waals surface area contributed by atoms with Gasteiger partial charge in [0.25, 0.3) is 0 Å². The Kier molecular flexibility index (Phi) is 4.08. The van der Waals surface area contributed by atoms with Gasteiger partial charge in [-0.2, -0.15) is 5.10 Å². The molecule has 0 atom stereocenters. The van der Waals surface area contributed by atoms with E-state index in [0.717, 1.165) is 32.0 Å². The number of nitrogens with zero attached hydrogens (tertiary/aromatic N) is 4. The van der Waals surface area contributed by atoms with Crippen molar-refractivity contribution in [3.05, 3.63) is 12.2 Å². The van der Waals surface area contributed by atoms with Gasteiger partial charge in [-0.25, -0.2) is 9.67 Å². The van der Waals surface area contributed by atoms with Crippen LogP contribution in [-0.4, -0.2) is 44.8 Å². The summed E-state index contributed by atoms with van der Waals surface area (Å²) in [5, 5.41) is 8.14. The standard InChI is InChI=1S/C15H27N5/c1-13(2)9-20-14(16-12-18-20)10-19-8-7-17-15(11-19)5-3-4-6-15/h12-13,17H,3-11H2,1-2H3. The van der Waals surface area contributed by atoms with E-state index in [1.54, 1.807) is 6.33 Å². The Hall–Kier alpha value is -0.940. The average molecular weight is 277 g/mol. The van der Waals surface area contributed by atoms with Crippen LogP contribution >= 0.6 is 0 Å². The van der Waals surface area contributed by atoms with E-state index in [2.05, 4.69) is 38.8 Å². The van der Waals surface area contributed by atoms with Gasteiger partial charge in [0.1, 0.15) is 12.2 Å². The highest BCUT2D eigenvalue weighted by Crippen LogP contribution is 2.32. The molecule has 1 aromatic rings. The van der Waals surface area contributed by atoms with Crippen molar-refractivity contribution in [2.24, 2.45) is 5.92 Å². The topological polar surface area (TPSA) is 46.0 Å². The Morgan fingerprint density at radius 2 is 2.15 bits per heavy atom. The first-order chi connectivity index (χ1) is 9.67. The maximum atomic E-state index is 4.47. The van der Waals surface area contributed by atoms with Crippen molar-refractivity contribution in [1.29, 1.82) is 0 Å². The second-order valence-corrected chi connectivity index (χ2v) is 6.88. The normalized spacial score (nSPS) is 22.9. The van der Waals surface area contributed by atoms with Crippen molar-refractivity contribution in [2.75, 3.05) is 19.6 Å². The minimum Gasteiger partial charge on any atom is -0.309 e. The molecule has 2 heterocycles. The largest absolute Gasteiger partial charge is 0.309 e. The Morgan fingerprint density at radius 1 is 1.35 bits per heavy atom. The molecular formula is C15H27N5.